The quantitative estimate of drug-likeness (QED) is 0.721. The molecule has 0 saturated carbocycles. The molecule has 1 aromatic carbocycles. The maximum Gasteiger partial charge on any atom is 0.255 e. The van der Waals surface area contributed by atoms with Crippen LogP contribution in [0.3, 0.4) is 0 Å². The Hall–Kier alpha value is -1.00. The average Bonchev–Trinajstić information content (AvgIpc) is 2.45. The van der Waals surface area contributed by atoms with Gasteiger partial charge in [0, 0.05) is 19.8 Å². The third-order valence-electron chi connectivity index (χ3n) is 2.84. The van der Waals surface area contributed by atoms with Crippen molar-refractivity contribution in [3.8, 4) is 0 Å². The van der Waals surface area contributed by atoms with E-state index < -0.39 is 0 Å². The molecule has 0 spiro atoms. The summed E-state index contributed by atoms with van der Waals surface area (Å²) in [6.07, 6.45) is 1.34. The largest absolute Gasteiger partial charge is 0.337 e. The first kappa shape index (κ1) is 16.4. The maximum absolute atomic E-state index is 12.4. The molecule has 0 N–H and O–H groups in total. The number of benzene rings is 1. The van der Waals surface area contributed by atoms with Gasteiger partial charge in [-0.15, -0.1) is 0 Å². The number of pyridine rings is 1. The van der Waals surface area contributed by atoms with Crippen molar-refractivity contribution in [2.75, 3.05) is 7.05 Å². The number of hydrogen-bond acceptors (Lipinski definition) is 2. The van der Waals surface area contributed by atoms with Crippen LogP contribution in [0.4, 0.5) is 0 Å². The summed E-state index contributed by atoms with van der Waals surface area (Å²) in [5.41, 5.74) is 1.04. The smallest absolute Gasteiger partial charge is 0.255 e. The maximum atomic E-state index is 12.4. The Bertz CT molecular complexity index is 691. The third-order valence-corrected chi connectivity index (χ3v) is 4.20. The fraction of sp³-hybridized carbons (Fsp3) is 0.143. The first-order valence-electron chi connectivity index (χ1n) is 5.89. The van der Waals surface area contributed by atoms with Crippen LogP contribution in [0, 0.1) is 0 Å². The molecule has 0 aliphatic rings. The first-order chi connectivity index (χ1) is 9.90. The molecule has 0 radical (unpaired) electrons. The van der Waals surface area contributed by atoms with E-state index in [1.807, 2.05) is 0 Å². The standard InChI is InChI=1S/C14H10Cl4N2O/c1-20(7-8-3-2-4-10(15)13(8)18)14(21)9-5-12(17)19-6-11(9)16/h2-6H,7H2,1H3. The second-order valence-corrected chi connectivity index (χ2v) is 5.94. The van der Waals surface area contributed by atoms with Crippen molar-refractivity contribution in [2.24, 2.45) is 0 Å². The molecule has 3 nitrogen and oxygen atoms in total. The van der Waals surface area contributed by atoms with Gasteiger partial charge in [-0.2, -0.15) is 0 Å². The van der Waals surface area contributed by atoms with Crippen molar-refractivity contribution in [1.29, 1.82) is 0 Å². The summed E-state index contributed by atoms with van der Waals surface area (Å²) in [5, 5.41) is 1.32. The predicted molar refractivity (Wildman–Crippen MR) is 86.5 cm³/mol. The number of carbonyl (C=O) groups excluding carboxylic acids is 1. The highest BCUT2D eigenvalue weighted by atomic mass is 35.5. The van der Waals surface area contributed by atoms with Gasteiger partial charge in [-0.3, -0.25) is 4.79 Å². The van der Waals surface area contributed by atoms with Crippen molar-refractivity contribution in [1.82, 2.24) is 9.88 Å². The van der Waals surface area contributed by atoms with Gasteiger partial charge < -0.3 is 4.90 Å². The van der Waals surface area contributed by atoms with E-state index in [1.54, 1.807) is 25.2 Å². The van der Waals surface area contributed by atoms with E-state index >= 15 is 0 Å². The van der Waals surface area contributed by atoms with Crippen LogP contribution in [0.25, 0.3) is 0 Å². The molecule has 0 unspecified atom stereocenters. The monoisotopic (exact) mass is 362 g/mol. The summed E-state index contributed by atoms with van der Waals surface area (Å²) in [7, 11) is 1.64. The molecular weight excluding hydrogens is 354 g/mol. The molecule has 1 heterocycles. The minimum Gasteiger partial charge on any atom is -0.337 e. The van der Waals surface area contributed by atoms with Crippen LogP contribution >= 0.6 is 46.4 Å². The molecule has 0 bridgehead atoms. The van der Waals surface area contributed by atoms with Gasteiger partial charge in [0.15, 0.2) is 0 Å². The van der Waals surface area contributed by atoms with E-state index in [-0.39, 0.29) is 21.6 Å². The Morgan fingerprint density at radius 1 is 1.19 bits per heavy atom. The van der Waals surface area contributed by atoms with Gasteiger partial charge in [-0.25, -0.2) is 4.98 Å². The SMILES string of the molecule is CN(Cc1cccc(Cl)c1Cl)C(=O)c1cc(Cl)ncc1Cl. The fourth-order valence-electron chi connectivity index (χ4n) is 1.78. The van der Waals surface area contributed by atoms with Gasteiger partial charge in [0.2, 0.25) is 0 Å². The summed E-state index contributed by atoms with van der Waals surface area (Å²) in [6, 6.07) is 6.70. The topological polar surface area (TPSA) is 33.2 Å². The van der Waals surface area contributed by atoms with E-state index in [9.17, 15) is 4.79 Å². The molecule has 21 heavy (non-hydrogen) atoms. The van der Waals surface area contributed by atoms with Gasteiger partial charge in [-0.1, -0.05) is 58.5 Å². The number of carbonyl (C=O) groups is 1. The molecule has 1 amide bonds. The van der Waals surface area contributed by atoms with Crippen LogP contribution in [0.2, 0.25) is 20.2 Å². The van der Waals surface area contributed by atoms with E-state index in [0.717, 1.165) is 5.56 Å². The van der Waals surface area contributed by atoms with Gasteiger partial charge in [0.25, 0.3) is 5.91 Å². The molecule has 0 aliphatic carbocycles. The molecule has 0 atom stereocenters. The third kappa shape index (κ3) is 3.80. The molecule has 2 aromatic rings. The number of nitrogens with zero attached hydrogens (tertiary/aromatic N) is 2. The second-order valence-electron chi connectivity index (χ2n) is 4.36. The number of hydrogen-bond donors (Lipinski definition) is 0. The van der Waals surface area contributed by atoms with Gasteiger partial charge in [0.05, 0.1) is 20.6 Å². The summed E-state index contributed by atoms with van der Waals surface area (Å²) in [6.45, 7) is 0.300. The minimum absolute atomic E-state index is 0.205. The van der Waals surface area contributed by atoms with E-state index in [2.05, 4.69) is 4.98 Å². The molecule has 0 fully saturated rings. The van der Waals surface area contributed by atoms with Gasteiger partial charge in [-0.05, 0) is 17.7 Å². The average molecular weight is 364 g/mol. The summed E-state index contributed by atoms with van der Waals surface area (Å²) >= 11 is 23.8. The lowest BCUT2D eigenvalue weighted by Gasteiger charge is -2.19. The van der Waals surface area contributed by atoms with Crippen molar-refractivity contribution >= 4 is 52.3 Å². The zero-order chi connectivity index (χ0) is 15.6. The summed E-state index contributed by atoms with van der Waals surface area (Å²) in [5.74, 6) is -0.277. The lowest BCUT2D eigenvalue weighted by molar-refractivity contribution is 0.0785. The van der Waals surface area contributed by atoms with Crippen molar-refractivity contribution in [2.45, 2.75) is 6.54 Å². The Balaban J connectivity index is 2.24. The molecule has 2 rings (SSSR count). The second kappa shape index (κ2) is 6.84. The molecule has 0 aliphatic heterocycles. The van der Waals surface area contributed by atoms with Crippen molar-refractivity contribution in [3.63, 3.8) is 0 Å². The highest BCUT2D eigenvalue weighted by Gasteiger charge is 2.17. The normalized spacial score (nSPS) is 10.5. The number of rotatable bonds is 3. The fourth-order valence-corrected chi connectivity index (χ4v) is 2.50. The highest BCUT2D eigenvalue weighted by Crippen LogP contribution is 2.27. The van der Waals surface area contributed by atoms with Crippen LogP contribution < -0.4 is 0 Å². The number of aromatic nitrogens is 1. The molecule has 1 aromatic heterocycles. The van der Waals surface area contributed by atoms with Gasteiger partial charge >= 0.3 is 0 Å². The van der Waals surface area contributed by atoms with Crippen LogP contribution in [-0.2, 0) is 6.54 Å². The first-order valence-corrected chi connectivity index (χ1v) is 7.40. The lowest BCUT2D eigenvalue weighted by atomic mass is 10.2. The number of amides is 1. The van der Waals surface area contributed by atoms with Crippen LogP contribution in [-0.4, -0.2) is 22.8 Å². The van der Waals surface area contributed by atoms with Crippen molar-refractivity contribution in [3.05, 3.63) is 61.8 Å². The van der Waals surface area contributed by atoms with E-state index in [0.29, 0.717) is 16.6 Å². The Morgan fingerprint density at radius 3 is 2.62 bits per heavy atom. The lowest BCUT2D eigenvalue weighted by Crippen LogP contribution is -2.26. The van der Waals surface area contributed by atoms with Crippen LogP contribution in [0.1, 0.15) is 15.9 Å². The molecule has 110 valence electrons. The van der Waals surface area contributed by atoms with E-state index in [1.165, 1.54) is 17.2 Å². The Kier molecular flexibility index (Phi) is 5.33. The van der Waals surface area contributed by atoms with Crippen LogP contribution in [0.15, 0.2) is 30.5 Å². The van der Waals surface area contributed by atoms with Crippen LogP contribution in [0.5, 0.6) is 0 Å². The molecular formula is C14H10Cl4N2O. The van der Waals surface area contributed by atoms with E-state index in [4.69, 9.17) is 46.4 Å². The van der Waals surface area contributed by atoms with Gasteiger partial charge in [0.1, 0.15) is 5.15 Å². The zero-order valence-electron chi connectivity index (χ0n) is 10.9. The summed E-state index contributed by atoms with van der Waals surface area (Å²) in [4.78, 5) is 17.7. The highest BCUT2D eigenvalue weighted by molar-refractivity contribution is 6.42. The summed E-state index contributed by atoms with van der Waals surface area (Å²) < 4.78 is 0. The molecule has 0 saturated heterocycles. The minimum atomic E-state index is -0.277. The zero-order valence-corrected chi connectivity index (χ0v) is 13.9. The Labute approximate surface area is 142 Å². The predicted octanol–water partition coefficient (Wildman–Crippen LogP) is 4.97. The van der Waals surface area contributed by atoms with Crippen molar-refractivity contribution < 1.29 is 4.79 Å². The Morgan fingerprint density at radius 2 is 1.90 bits per heavy atom. The number of halogens is 4. The molecule has 7 heteroatoms.